The molecule has 5 saturated carbocycles. The number of Topliss-reactive ketones (excluding diaryl/α,β-unsaturated/α-hetero) is 1. The minimum absolute atomic E-state index is 0. The lowest BCUT2D eigenvalue weighted by atomic mass is 9.52. The molecule has 0 bridgehead atoms. The summed E-state index contributed by atoms with van der Waals surface area (Å²) in [5, 5.41) is 0. The lowest BCUT2D eigenvalue weighted by molar-refractivity contribution is -0.129. The Bertz CT molecular complexity index is 2840. The Morgan fingerprint density at radius 2 is 1.06 bits per heavy atom. The number of carbonyl (C=O) groups excluding carboxylic acids is 3. The Morgan fingerprint density at radius 1 is 0.590 bits per heavy atom. The summed E-state index contributed by atoms with van der Waals surface area (Å²) in [5.74, 6) is 7.82. The van der Waals surface area contributed by atoms with E-state index in [-0.39, 0.29) is 61.0 Å². The van der Waals surface area contributed by atoms with E-state index in [0.717, 1.165) is 118 Å². The van der Waals surface area contributed by atoms with Crippen molar-refractivity contribution in [2.24, 2.45) is 81.8 Å². The number of hydrogen-bond acceptors (Lipinski definition) is 7. The Kier molecular flexibility index (Phi) is 16.3. The maximum atomic E-state index is 13.5. The van der Waals surface area contributed by atoms with Gasteiger partial charge in [-0.15, -0.1) is 0 Å². The molecule has 0 radical (unpaired) electrons. The van der Waals surface area contributed by atoms with Gasteiger partial charge in [-0.05, 0) is 211 Å². The monoisotopic (exact) mass is 1130 g/mol. The molecule has 0 aromatic heterocycles. The number of ether oxygens (including phenoxy) is 4. The Balaban J connectivity index is 0.000000162. The van der Waals surface area contributed by atoms with E-state index in [0.29, 0.717) is 59.4 Å². The SMILES string of the molecule is C.CC1=C2C[C@H]3[C@@H](CC[C@@H]4CC(=O)CC[C@@]43C)[C@@H]2CC[C@@]2(C1)O[C@@H]1C[C@H](C)CN(C(=O)OCc3ccccc3)[C@H]1[C@H]2C.CC1=C[C@H]2CC[C@H]3[C@@H]4CC[C@@]5(CC(C)=C4C[C@@H]3[C@@]2(C)CC1)O[C@@H]1C[C@H](C)CN(C(=O)OCc2ccccc2)[C@H]1[C@H]5C. The standard InChI is InChI=1S/C37H51NO3.C36H49NO4.CH4/c1-23-13-15-36(5)28(17-23)11-12-30-29-14-16-37(20-25(3)31(29)19-32(30)36)26(4)34-33(41-37)18-24(2)21-38(34)35(39)40-22-27-9-7-6-8-10-27;1-22-16-32-33(37(20-22)34(39)40-21-25-8-6-5-7-9-25)24(3)36(41-32)15-13-28-29-11-10-26-17-27(38)12-14-35(26,4)31(29)18-30(28)23(2)19-36;/h6-10,17,24,26,28-30,32-34H,11-16,18-22H2,1-5H3;5-9,22,24,26,28-29,31-33H,10-21H2,1-4H3;1H4/t24-,26+,28+,29-,30-,32-,33+,34-,36-,37-;22-,24+,26+,28-,29-,31-,32+,33-,35-,36-;/m00./s1. The molecular formula is C74H104N2O7. The number of hydrogen-bond donors (Lipinski definition) is 0. The van der Waals surface area contributed by atoms with Crippen LogP contribution in [-0.4, -0.2) is 76.4 Å². The highest BCUT2D eigenvalue weighted by atomic mass is 16.6. The minimum atomic E-state index is -0.202. The first-order valence-corrected chi connectivity index (χ1v) is 33.2. The van der Waals surface area contributed by atoms with E-state index < -0.39 is 0 Å². The van der Waals surface area contributed by atoms with Crippen LogP contribution in [0.4, 0.5) is 9.59 Å². The summed E-state index contributed by atoms with van der Waals surface area (Å²) in [6, 6.07) is 20.2. The molecule has 8 aliphatic carbocycles. The molecule has 2 amide bonds. The van der Waals surface area contributed by atoms with E-state index in [4.69, 9.17) is 18.9 Å². The van der Waals surface area contributed by atoms with E-state index in [1.54, 1.807) is 27.9 Å². The molecule has 2 aromatic carbocycles. The van der Waals surface area contributed by atoms with Crippen molar-refractivity contribution in [2.45, 2.75) is 240 Å². The molecule has 4 heterocycles. The summed E-state index contributed by atoms with van der Waals surface area (Å²) in [5.41, 5.74) is 10.8. The number of likely N-dealkylation sites (tertiary alicyclic amines) is 2. The normalized spacial score (nSPS) is 43.1. The van der Waals surface area contributed by atoms with Crippen LogP contribution in [0.1, 0.15) is 203 Å². The third-order valence-electron chi connectivity index (χ3n) is 26.0. The van der Waals surface area contributed by atoms with Crippen molar-refractivity contribution in [3.8, 4) is 0 Å². The second kappa shape index (κ2) is 22.8. The van der Waals surface area contributed by atoms with Gasteiger partial charge < -0.3 is 28.7 Å². The quantitative estimate of drug-likeness (QED) is 0.282. The van der Waals surface area contributed by atoms with Crippen LogP contribution < -0.4 is 0 Å². The van der Waals surface area contributed by atoms with Gasteiger partial charge in [0.1, 0.15) is 19.0 Å². The van der Waals surface area contributed by atoms with E-state index >= 15 is 0 Å². The van der Waals surface area contributed by atoms with Gasteiger partial charge in [0.05, 0.1) is 35.5 Å². The molecular weight excluding hydrogens is 1030 g/mol. The van der Waals surface area contributed by atoms with Crippen molar-refractivity contribution in [2.75, 3.05) is 13.1 Å². The number of ketones is 1. The van der Waals surface area contributed by atoms with Crippen LogP contribution in [0.25, 0.3) is 0 Å². The molecule has 20 atom stereocenters. The number of rotatable bonds is 4. The summed E-state index contributed by atoms with van der Waals surface area (Å²) in [4.78, 5) is 43.4. The van der Waals surface area contributed by atoms with Gasteiger partial charge >= 0.3 is 12.2 Å². The van der Waals surface area contributed by atoms with E-state index in [1.165, 1.54) is 64.2 Å². The van der Waals surface area contributed by atoms with Crippen molar-refractivity contribution < 1.29 is 33.3 Å². The molecule has 0 N–H and O–H groups in total. The molecule has 4 aliphatic heterocycles. The predicted octanol–water partition coefficient (Wildman–Crippen LogP) is 17.1. The zero-order valence-electron chi connectivity index (χ0n) is 51.6. The number of allylic oxidation sites excluding steroid dienone is 4. The Morgan fingerprint density at radius 3 is 1.57 bits per heavy atom. The molecule has 9 fully saturated rings. The summed E-state index contributed by atoms with van der Waals surface area (Å²) in [6.07, 6.45) is 24.4. The number of nitrogens with zero attached hydrogens (tertiary/aromatic N) is 2. The fraction of sp³-hybridized carbons (Fsp3) is 0.716. The fourth-order valence-corrected chi connectivity index (χ4v) is 21.7. The molecule has 9 nitrogen and oxygen atoms in total. The topological polar surface area (TPSA) is 94.6 Å². The predicted molar refractivity (Wildman–Crippen MR) is 329 cm³/mol. The molecule has 9 heteroatoms. The average molecular weight is 1130 g/mol. The average Bonchev–Trinajstić information content (AvgIpc) is 4.12. The number of benzene rings is 2. The molecule has 83 heavy (non-hydrogen) atoms. The van der Waals surface area contributed by atoms with Crippen molar-refractivity contribution in [1.29, 1.82) is 0 Å². The van der Waals surface area contributed by atoms with Gasteiger partial charge in [0.25, 0.3) is 0 Å². The second-order valence-electron chi connectivity index (χ2n) is 30.5. The van der Waals surface area contributed by atoms with Gasteiger partial charge in [-0.25, -0.2) is 9.59 Å². The first kappa shape index (κ1) is 59.1. The van der Waals surface area contributed by atoms with Crippen LogP contribution in [0, 0.1) is 81.8 Å². The van der Waals surface area contributed by atoms with Crippen LogP contribution in [0.15, 0.2) is 94.6 Å². The Hall–Kier alpha value is -4.21. The van der Waals surface area contributed by atoms with Gasteiger partial charge in [0, 0.05) is 37.8 Å². The van der Waals surface area contributed by atoms with E-state index in [2.05, 4.69) is 68.4 Å². The number of piperidine rings is 2. The molecule has 4 saturated heterocycles. The highest BCUT2D eigenvalue weighted by Crippen LogP contribution is 2.67. The van der Waals surface area contributed by atoms with Crippen molar-refractivity contribution in [1.82, 2.24) is 9.80 Å². The lowest BCUT2D eigenvalue weighted by Gasteiger charge is -2.52. The van der Waals surface area contributed by atoms with Crippen LogP contribution >= 0.6 is 0 Å². The van der Waals surface area contributed by atoms with Crippen LogP contribution in [0.3, 0.4) is 0 Å². The third-order valence-corrected chi connectivity index (χ3v) is 26.0. The smallest absolute Gasteiger partial charge is 0.410 e. The van der Waals surface area contributed by atoms with Crippen LogP contribution in [-0.2, 0) is 37.0 Å². The summed E-state index contributed by atoms with van der Waals surface area (Å²) in [6.45, 7) is 23.7. The molecule has 0 unspecified atom stereocenters. The van der Waals surface area contributed by atoms with E-state index in [9.17, 15) is 14.4 Å². The molecule has 12 aliphatic rings. The largest absolute Gasteiger partial charge is 0.445 e. The van der Waals surface area contributed by atoms with Crippen molar-refractivity contribution >= 4 is 18.0 Å². The number of carbonyl (C=O) groups is 3. The molecule has 2 aromatic rings. The molecule has 14 rings (SSSR count). The first-order valence-electron chi connectivity index (χ1n) is 33.2. The number of fused-ring (bicyclic) bond motifs is 12. The Labute approximate surface area is 499 Å². The summed E-state index contributed by atoms with van der Waals surface area (Å²) < 4.78 is 26.1. The van der Waals surface area contributed by atoms with Crippen molar-refractivity contribution in [3.63, 3.8) is 0 Å². The zero-order chi connectivity index (χ0) is 57.0. The van der Waals surface area contributed by atoms with Gasteiger partial charge in [-0.1, -0.05) is 144 Å². The fourth-order valence-electron chi connectivity index (χ4n) is 21.7. The second-order valence-corrected chi connectivity index (χ2v) is 30.5. The summed E-state index contributed by atoms with van der Waals surface area (Å²) >= 11 is 0. The molecule has 2 spiro atoms. The third kappa shape index (κ3) is 10.3. The van der Waals surface area contributed by atoms with Gasteiger partial charge in [-0.3, -0.25) is 4.79 Å². The zero-order valence-corrected chi connectivity index (χ0v) is 51.6. The van der Waals surface area contributed by atoms with Crippen LogP contribution in [0.5, 0.6) is 0 Å². The number of amides is 2. The maximum Gasteiger partial charge on any atom is 0.410 e. The van der Waals surface area contributed by atoms with Crippen molar-refractivity contribution in [3.05, 3.63) is 106 Å². The lowest BCUT2D eigenvalue weighted by Crippen LogP contribution is -2.54. The van der Waals surface area contributed by atoms with E-state index in [1.807, 2.05) is 70.5 Å². The highest BCUT2D eigenvalue weighted by molar-refractivity contribution is 5.79. The first-order chi connectivity index (χ1) is 39.4. The van der Waals surface area contributed by atoms with Crippen LogP contribution in [0.2, 0.25) is 0 Å². The van der Waals surface area contributed by atoms with Gasteiger partial charge in [0.15, 0.2) is 0 Å². The highest BCUT2D eigenvalue weighted by Gasteiger charge is 2.63. The van der Waals surface area contributed by atoms with Gasteiger partial charge in [0.2, 0.25) is 0 Å². The van der Waals surface area contributed by atoms with Gasteiger partial charge in [-0.2, -0.15) is 0 Å². The maximum absolute atomic E-state index is 13.5. The molecule has 452 valence electrons. The minimum Gasteiger partial charge on any atom is -0.445 e. The summed E-state index contributed by atoms with van der Waals surface area (Å²) in [7, 11) is 0.